The molecule has 4 rings (SSSR count). The Morgan fingerprint density at radius 2 is 2.33 bits per heavy atom. The van der Waals surface area contributed by atoms with Gasteiger partial charge in [0.2, 0.25) is 0 Å². The normalized spacial score (nSPS) is 16.4. The van der Waals surface area contributed by atoms with Crippen LogP contribution < -0.4 is 0 Å². The molecule has 0 amide bonds. The van der Waals surface area contributed by atoms with Gasteiger partial charge in [0.25, 0.3) is 0 Å². The van der Waals surface area contributed by atoms with Gasteiger partial charge in [-0.05, 0) is 30.0 Å². The van der Waals surface area contributed by atoms with Gasteiger partial charge in [-0.1, -0.05) is 18.9 Å². The first-order chi connectivity index (χ1) is 10.4. The molecule has 21 heavy (non-hydrogen) atoms. The van der Waals surface area contributed by atoms with E-state index >= 15 is 0 Å². The summed E-state index contributed by atoms with van der Waals surface area (Å²) >= 11 is 1.69. The van der Waals surface area contributed by atoms with E-state index in [-0.39, 0.29) is 6.10 Å². The number of fused-ring (bicyclic) bond motifs is 1. The van der Waals surface area contributed by atoms with Crippen molar-refractivity contribution in [2.24, 2.45) is 5.92 Å². The number of hydrogen-bond acceptors (Lipinski definition) is 4. The zero-order valence-corrected chi connectivity index (χ0v) is 12.5. The third-order valence-electron chi connectivity index (χ3n) is 3.97. The van der Waals surface area contributed by atoms with Crippen molar-refractivity contribution in [2.75, 3.05) is 0 Å². The van der Waals surface area contributed by atoms with E-state index in [4.69, 9.17) is 4.74 Å². The topological polar surface area (TPSA) is 50.8 Å². The number of aromatic nitrogens is 3. The van der Waals surface area contributed by atoms with E-state index in [2.05, 4.69) is 33.2 Å². The van der Waals surface area contributed by atoms with Crippen LogP contribution in [0.1, 0.15) is 36.6 Å². The predicted octanol–water partition coefficient (Wildman–Crippen LogP) is 4.08. The van der Waals surface area contributed by atoms with Crippen LogP contribution in [0, 0.1) is 5.92 Å². The van der Waals surface area contributed by atoms with Crippen molar-refractivity contribution in [2.45, 2.75) is 32.0 Å². The third kappa shape index (κ3) is 2.99. The van der Waals surface area contributed by atoms with Crippen molar-refractivity contribution in [3.8, 4) is 0 Å². The number of ether oxygens (including phenoxy) is 1. The summed E-state index contributed by atoms with van der Waals surface area (Å²) < 4.78 is 7.40. The van der Waals surface area contributed by atoms with Crippen molar-refractivity contribution in [3.63, 3.8) is 0 Å². The predicted molar refractivity (Wildman–Crippen MR) is 83.1 cm³/mol. The molecule has 3 aromatic rings. The molecular weight excluding hydrogens is 282 g/mol. The maximum atomic E-state index is 6.16. The summed E-state index contributed by atoms with van der Waals surface area (Å²) in [6.07, 6.45) is 7.46. The molecule has 108 valence electrons. The van der Waals surface area contributed by atoms with Crippen molar-refractivity contribution < 1.29 is 4.74 Å². The highest BCUT2D eigenvalue weighted by molar-refractivity contribution is 7.16. The SMILES string of the molecule is c1ncc(COC(CC2CC2)c2ccc3ncsc3c2)[nH]1. The maximum Gasteiger partial charge on any atom is 0.0922 e. The molecule has 1 N–H and O–H groups in total. The lowest BCUT2D eigenvalue weighted by Crippen LogP contribution is -2.06. The molecule has 1 aromatic carbocycles. The Labute approximate surface area is 127 Å². The summed E-state index contributed by atoms with van der Waals surface area (Å²) in [7, 11) is 0. The Hall–Kier alpha value is -1.72. The molecule has 1 fully saturated rings. The Kier molecular flexibility index (Phi) is 3.45. The molecule has 0 radical (unpaired) electrons. The summed E-state index contributed by atoms with van der Waals surface area (Å²) in [5.41, 5.74) is 5.26. The number of aromatic amines is 1. The van der Waals surface area contributed by atoms with Gasteiger partial charge < -0.3 is 9.72 Å². The van der Waals surface area contributed by atoms with E-state index in [0.29, 0.717) is 6.61 Å². The highest BCUT2D eigenvalue weighted by atomic mass is 32.1. The number of nitrogens with zero attached hydrogens (tertiary/aromatic N) is 2. The first-order valence-corrected chi connectivity index (χ1v) is 8.18. The van der Waals surface area contributed by atoms with Crippen molar-refractivity contribution in [1.82, 2.24) is 15.0 Å². The number of nitrogens with one attached hydrogen (secondary N) is 1. The van der Waals surface area contributed by atoms with Gasteiger partial charge in [0, 0.05) is 0 Å². The van der Waals surface area contributed by atoms with Gasteiger partial charge in [-0.25, -0.2) is 9.97 Å². The number of thiazole rings is 1. The molecule has 1 saturated carbocycles. The number of benzene rings is 1. The van der Waals surface area contributed by atoms with Gasteiger partial charge >= 0.3 is 0 Å². The maximum absolute atomic E-state index is 6.16. The fraction of sp³-hybridized carbons (Fsp3) is 0.375. The van der Waals surface area contributed by atoms with Crippen molar-refractivity contribution >= 4 is 21.6 Å². The van der Waals surface area contributed by atoms with Gasteiger partial charge in [-0.15, -0.1) is 11.3 Å². The fourth-order valence-corrected chi connectivity index (χ4v) is 3.31. The molecular formula is C16H17N3OS. The minimum atomic E-state index is 0.160. The third-order valence-corrected chi connectivity index (χ3v) is 4.76. The van der Waals surface area contributed by atoms with E-state index in [1.165, 1.54) is 23.1 Å². The number of H-pyrrole nitrogens is 1. The van der Waals surface area contributed by atoms with Crippen molar-refractivity contribution in [1.29, 1.82) is 0 Å². The summed E-state index contributed by atoms with van der Waals surface area (Å²) in [4.78, 5) is 11.5. The van der Waals surface area contributed by atoms with E-state index in [0.717, 1.165) is 23.5 Å². The molecule has 0 bridgehead atoms. The number of rotatable bonds is 6. The van der Waals surface area contributed by atoms with Crippen LogP contribution in [0.3, 0.4) is 0 Å². The Balaban J connectivity index is 1.55. The zero-order valence-electron chi connectivity index (χ0n) is 11.7. The Morgan fingerprint density at radius 3 is 3.14 bits per heavy atom. The molecule has 4 nitrogen and oxygen atoms in total. The molecule has 0 spiro atoms. The molecule has 0 saturated heterocycles. The first kappa shape index (κ1) is 13.0. The van der Waals surface area contributed by atoms with E-state index in [1.807, 2.05) is 11.7 Å². The first-order valence-electron chi connectivity index (χ1n) is 7.30. The molecule has 1 aliphatic rings. The second-order valence-electron chi connectivity index (χ2n) is 5.64. The Bertz CT molecular complexity index is 718. The lowest BCUT2D eigenvalue weighted by Gasteiger charge is -2.18. The molecule has 1 aliphatic carbocycles. The summed E-state index contributed by atoms with van der Waals surface area (Å²) in [6.45, 7) is 0.581. The van der Waals surface area contributed by atoms with Crippen LogP contribution in [-0.4, -0.2) is 15.0 Å². The van der Waals surface area contributed by atoms with Gasteiger partial charge in [0.05, 0.1) is 46.7 Å². The quantitative estimate of drug-likeness (QED) is 0.746. The minimum Gasteiger partial charge on any atom is -0.367 e. The summed E-state index contributed by atoms with van der Waals surface area (Å²) in [5, 5.41) is 0. The van der Waals surface area contributed by atoms with Gasteiger partial charge in [0.15, 0.2) is 0 Å². The monoisotopic (exact) mass is 299 g/mol. The molecule has 1 unspecified atom stereocenters. The second kappa shape index (κ2) is 5.58. The van der Waals surface area contributed by atoms with Gasteiger partial charge in [-0.3, -0.25) is 0 Å². The van der Waals surface area contributed by atoms with Gasteiger partial charge in [-0.2, -0.15) is 0 Å². The van der Waals surface area contributed by atoms with Crippen LogP contribution in [0.4, 0.5) is 0 Å². The van der Waals surface area contributed by atoms with Crippen LogP contribution in [0.15, 0.2) is 36.2 Å². The van der Waals surface area contributed by atoms with E-state index < -0.39 is 0 Å². The highest BCUT2D eigenvalue weighted by Gasteiger charge is 2.27. The average molecular weight is 299 g/mol. The molecule has 0 aliphatic heterocycles. The van der Waals surface area contributed by atoms with E-state index in [1.54, 1.807) is 17.7 Å². The Morgan fingerprint density at radius 1 is 1.38 bits per heavy atom. The smallest absolute Gasteiger partial charge is 0.0922 e. The average Bonchev–Trinajstić information content (AvgIpc) is 3.01. The minimum absolute atomic E-state index is 0.160. The van der Waals surface area contributed by atoms with Crippen molar-refractivity contribution in [3.05, 3.63) is 47.5 Å². The lowest BCUT2D eigenvalue weighted by atomic mass is 10.0. The van der Waals surface area contributed by atoms with Crippen LogP contribution in [0.2, 0.25) is 0 Å². The molecule has 1 atom stereocenters. The van der Waals surface area contributed by atoms with Crippen LogP contribution in [0.5, 0.6) is 0 Å². The molecule has 2 aromatic heterocycles. The molecule has 5 heteroatoms. The number of imidazole rings is 1. The van der Waals surface area contributed by atoms with E-state index in [9.17, 15) is 0 Å². The lowest BCUT2D eigenvalue weighted by molar-refractivity contribution is 0.0286. The standard InChI is InChI=1S/C16H17N3OS/c1-2-11(1)5-15(20-8-13-7-17-9-18-13)12-3-4-14-16(6-12)21-10-19-14/h3-4,6-7,9-11,15H,1-2,5,8H2,(H,17,18). The largest absolute Gasteiger partial charge is 0.367 e. The zero-order chi connectivity index (χ0) is 14.1. The summed E-state index contributed by atoms with van der Waals surface area (Å²) in [6, 6.07) is 6.48. The summed E-state index contributed by atoms with van der Waals surface area (Å²) in [5.74, 6) is 0.828. The van der Waals surface area contributed by atoms with Crippen LogP contribution >= 0.6 is 11.3 Å². The number of hydrogen-bond donors (Lipinski definition) is 1. The van der Waals surface area contributed by atoms with Crippen LogP contribution in [0.25, 0.3) is 10.2 Å². The molecule has 2 heterocycles. The second-order valence-corrected chi connectivity index (χ2v) is 6.52. The fourth-order valence-electron chi connectivity index (χ4n) is 2.58. The van der Waals surface area contributed by atoms with Gasteiger partial charge in [0.1, 0.15) is 0 Å². The van der Waals surface area contributed by atoms with Crippen LogP contribution in [-0.2, 0) is 11.3 Å². The highest BCUT2D eigenvalue weighted by Crippen LogP contribution is 2.40.